The molecule has 8 rings (SSSR count). The minimum absolute atomic E-state index is 0.0343. The number of likely N-dealkylation sites (N-methyl/N-ethyl adjacent to an activating group) is 1. The summed E-state index contributed by atoms with van der Waals surface area (Å²) < 4.78 is 6.06. The van der Waals surface area contributed by atoms with Gasteiger partial charge in [0.2, 0.25) is 29.5 Å². The fraction of sp³-hybridized carbons (Fsp3) is 0.424. The van der Waals surface area contributed by atoms with Gasteiger partial charge in [-0.2, -0.15) is 0 Å². The number of nitrogens with zero attached hydrogens (tertiary/aromatic N) is 4. The Morgan fingerprint density at radius 3 is 2.15 bits per heavy atom. The van der Waals surface area contributed by atoms with Gasteiger partial charge in [0.05, 0.1) is 23.7 Å². The van der Waals surface area contributed by atoms with Crippen molar-refractivity contribution in [3.05, 3.63) is 107 Å². The third-order valence-electron chi connectivity index (χ3n) is 14.9. The SMILES string of the molecule is CC(C)C[C@H](NC(=O)[C@H](CC(N)=O)CC(=O)[C@H](C)NC(=O)CCCN1C(=O)CCC1=O)C(=O)Cc1ccc(C(=O)Cc2ccc3[nH]c(C(=O)N4C[C@@H](CCl)c5c4cc(OC(=O)N4CCN(C)CC4)c4ccccc54)cc3c2)cc1. The van der Waals surface area contributed by atoms with E-state index in [1.165, 1.54) is 6.92 Å². The Labute approximate surface area is 462 Å². The number of ketones is 3. The number of benzene rings is 4. The van der Waals surface area contributed by atoms with Gasteiger partial charge >= 0.3 is 6.09 Å². The molecule has 19 nitrogen and oxygen atoms in total. The lowest BCUT2D eigenvalue weighted by Crippen LogP contribution is -2.48. The highest BCUT2D eigenvalue weighted by atomic mass is 35.5. The van der Waals surface area contributed by atoms with Crippen LogP contribution in [0.5, 0.6) is 5.75 Å². The zero-order chi connectivity index (χ0) is 56.7. The highest BCUT2D eigenvalue weighted by molar-refractivity contribution is 6.19. The minimum atomic E-state index is -1.22. The fourth-order valence-corrected chi connectivity index (χ4v) is 10.8. The quantitative estimate of drug-likeness (QED) is 0.0334. The molecule has 0 unspecified atom stereocenters. The zero-order valence-corrected chi connectivity index (χ0v) is 45.7. The van der Waals surface area contributed by atoms with Gasteiger partial charge < -0.3 is 40.8 Å². The van der Waals surface area contributed by atoms with Gasteiger partial charge in [-0.3, -0.25) is 48.1 Å². The molecular formula is C59H67ClN8O11. The largest absolute Gasteiger partial charge is 0.415 e. The number of amides is 7. The van der Waals surface area contributed by atoms with E-state index in [0.717, 1.165) is 39.7 Å². The molecule has 416 valence electrons. The van der Waals surface area contributed by atoms with Gasteiger partial charge in [0, 0.05) is 124 Å². The van der Waals surface area contributed by atoms with Gasteiger partial charge in [0.25, 0.3) is 5.91 Å². The van der Waals surface area contributed by atoms with E-state index in [1.54, 1.807) is 46.2 Å². The van der Waals surface area contributed by atoms with Crippen molar-refractivity contribution < 1.29 is 52.7 Å². The predicted molar refractivity (Wildman–Crippen MR) is 297 cm³/mol. The highest BCUT2D eigenvalue weighted by Crippen LogP contribution is 2.46. The molecule has 3 aliphatic rings. The number of ether oxygens (including phenoxy) is 1. The van der Waals surface area contributed by atoms with Crippen LogP contribution in [-0.2, 0) is 46.4 Å². The van der Waals surface area contributed by atoms with E-state index in [2.05, 4.69) is 20.5 Å². The molecule has 20 heteroatoms. The van der Waals surface area contributed by atoms with Gasteiger partial charge in [-0.1, -0.05) is 68.4 Å². The van der Waals surface area contributed by atoms with Gasteiger partial charge in [-0.25, -0.2) is 4.79 Å². The normalized spacial score (nSPS) is 16.7. The lowest BCUT2D eigenvalue weighted by atomic mass is 9.92. The van der Waals surface area contributed by atoms with Crippen LogP contribution in [0, 0.1) is 11.8 Å². The number of Topliss-reactive ketones (excluding diaryl/α,β-unsaturated/α-hetero) is 3. The number of nitrogens with one attached hydrogen (secondary N) is 3. The summed E-state index contributed by atoms with van der Waals surface area (Å²) in [4.78, 5) is 141. The first-order valence-corrected chi connectivity index (χ1v) is 27.4. The maximum atomic E-state index is 14.5. The summed E-state index contributed by atoms with van der Waals surface area (Å²) in [6.07, 6.45) is -0.690. The lowest BCUT2D eigenvalue weighted by molar-refractivity contribution is -0.139. The Kier molecular flexibility index (Phi) is 18.4. The van der Waals surface area contributed by atoms with E-state index < -0.39 is 60.4 Å². The number of anilines is 1. The monoisotopic (exact) mass is 1100 g/mol. The van der Waals surface area contributed by atoms with Crippen LogP contribution in [0.1, 0.15) is 109 Å². The van der Waals surface area contributed by atoms with Crippen molar-refractivity contribution in [2.75, 3.05) is 57.1 Å². The third-order valence-corrected chi connectivity index (χ3v) is 15.3. The summed E-state index contributed by atoms with van der Waals surface area (Å²) in [6.45, 7) is 8.19. The van der Waals surface area contributed by atoms with Crippen molar-refractivity contribution in [3.8, 4) is 5.75 Å². The van der Waals surface area contributed by atoms with E-state index in [9.17, 15) is 47.9 Å². The standard InChI is InChI=1S/C59H67ClN8O11/c1-34(2)24-45(64-57(76)40(30-52(61)72)29-48(69)35(3)62-53(73)10-7-19-67-54(74)17-18-55(67)75)50(71)26-36-11-14-38(15-12-36)49(70)27-37-13-16-44-39(25-37)28-46(63-44)58(77)68-33-41(32-60)56-43-9-6-5-8-42(43)51(31-47(56)68)79-59(78)66-22-20-65(4)21-23-66/h5-6,8-9,11-16,25,28,31,34-35,40-41,45,63H,7,10,17-24,26-27,29-30,32-33H2,1-4H3,(H2,61,72)(H,62,73)(H,64,76)/t35-,40-,41+,45-/m0/s1. The summed E-state index contributed by atoms with van der Waals surface area (Å²) in [6, 6.07) is 21.3. The number of nitrogens with two attached hydrogens (primary N) is 1. The molecule has 79 heavy (non-hydrogen) atoms. The number of rotatable bonds is 23. The molecule has 5 N–H and O–H groups in total. The lowest BCUT2D eigenvalue weighted by Gasteiger charge is -2.31. The first kappa shape index (κ1) is 57.4. The summed E-state index contributed by atoms with van der Waals surface area (Å²) in [7, 11) is 2.01. The number of primary amides is 1. The number of carbonyl (C=O) groups is 10. The molecule has 3 aliphatic heterocycles. The average Bonchev–Trinajstić information content (AvgIpc) is 4.19. The molecule has 0 aliphatic carbocycles. The van der Waals surface area contributed by atoms with E-state index in [1.807, 2.05) is 63.4 Å². The molecule has 0 bridgehead atoms. The topological polar surface area (TPSA) is 259 Å². The van der Waals surface area contributed by atoms with Crippen LogP contribution in [0.25, 0.3) is 21.7 Å². The molecule has 5 aromatic rings. The van der Waals surface area contributed by atoms with Crippen molar-refractivity contribution in [2.24, 2.45) is 17.6 Å². The molecule has 0 spiro atoms. The first-order chi connectivity index (χ1) is 37.8. The van der Waals surface area contributed by atoms with Gasteiger partial charge in [-0.15, -0.1) is 11.6 Å². The summed E-state index contributed by atoms with van der Waals surface area (Å²) >= 11 is 6.56. The molecule has 4 heterocycles. The minimum Gasteiger partial charge on any atom is -0.409 e. The molecule has 0 radical (unpaired) electrons. The molecule has 4 aromatic carbocycles. The first-order valence-electron chi connectivity index (χ1n) is 26.9. The van der Waals surface area contributed by atoms with Crippen LogP contribution >= 0.6 is 11.6 Å². The zero-order valence-electron chi connectivity index (χ0n) is 44.9. The number of aromatic nitrogens is 1. The van der Waals surface area contributed by atoms with Crippen molar-refractivity contribution in [1.29, 1.82) is 0 Å². The number of H-pyrrole nitrogens is 1. The number of hydrogen-bond acceptors (Lipinski definition) is 12. The van der Waals surface area contributed by atoms with Crippen molar-refractivity contribution >= 4 is 97.8 Å². The van der Waals surface area contributed by atoms with E-state index in [4.69, 9.17) is 22.1 Å². The molecule has 7 amide bonds. The number of carbonyl (C=O) groups excluding carboxylic acids is 10. The van der Waals surface area contributed by atoms with Crippen LogP contribution in [-0.4, -0.2) is 143 Å². The highest BCUT2D eigenvalue weighted by Gasteiger charge is 2.37. The van der Waals surface area contributed by atoms with Gasteiger partial charge in [0.15, 0.2) is 17.3 Å². The van der Waals surface area contributed by atoms with Crippen molar-refractivity contribution in [2.45, 2.75) is 96.6 Å². The van der Waals surface area contributed by atoms with Gasteiger partial charge in [-0.05, 0) is 73.0 Å². The number of aromatic amines is 1. The number of halogens is 1. The van der Waals surface area contributed by atoms with Crippen LogP contribution < -0.4 is 26.0 Å². The second-order valence-corrected chi connectivity index (χ2v) is 21.7. The molecule has 4 atom stereocenters. The maximum absolute atomic E-state index is 14.5. The molecule has 1 aromatic heterocycles. The molecule has 2 fully saturated rings. The molecule has 0 saturated carbocycles. The Morgan fingerprint density at radius 1 is 0.797 bits per heavy atom. The number of hydrogen-bond donors (Lipinski definition) is 4. The van der Waals surface area contributed by atoms with E-state index in [-0.39, 0.29) is 98.5 Å². The number of piperazine rings is 1. The Morgan fingerprint density at radius 2 is 1.48 bits per heavy atom. The third kappa shape index (κ3) is 13.9. The van der Waals surface area contributed by atoms with E-state index in [0.29, 0.717) is 59.0 Å². The van der Waals surface area contributed by atoms with Crippen molar-refractivity contribution in [1.82, 2.24) is 30.3 Å². The second kappa shape index (κ2) is 25.4. The number of imide groups is 1. The van der Waals surface area contributed by atoms with Crippen LogP contribution in [0.3, 0.4) is 0 Å². The van der Waals surface area contributed by atoms with Crippen LogP contribution in [0.4, 0.5) is 10.5 Å². The van der Waals surface area contributed by atoms with E-state index >= 15 is 0 Å². The summed E-state index contributed by atoms with van der Waals surface area (Å²) in [5.74, 6) is -4.74. The Bertz CT molecular complexity index is 3190. The average molecular weight is 1100 g/mol. The van der Waals surface area contributed by atoms with Gasteiger partial charge in [0.1, 0.15) is 11.4 Å². The number of alkyl halides is 1. The van der Waals surface area contributed by atoms with Crippen molar-refractivity contribution in [3.63, 3.8) is 0 Å². The Balaban J connectivity index is 0.876. The summed E-state index contributed by atoms with van der Waals surface area (Å²) in [5, 5.41) is 7.66. The number of fused-ring (bicyclic) bond motifs is 4. The second-order valence-electron chi connectivity index (χ2n) is 21.4. The predicted octanol–water partition coefficient (Wildman–Crippen LogP) is 6.00. The fourth-order valence-electron chi connectivity index (χ4n) is 10.6. The smallest absolute Gasteiger partial charge is 0.409 e. The Hall–Kier alpha value is -7.77. The molecular weight excluding hydrogens is 1030 g/mol. The number of likely N-dealkylation sites (tertiary alicyclic amines) is 1. The van der Waals surface area contributed by atoms with Crippen LogP contribution in [0.2, 0.25) is 0 Å². The summed E-state index contributed by atoms with van der Waals surface area (Å²) in [5.41, 5.74) is 9.76. The maximum Gasteiger partial charge on any atom is 0.415 e. The molecule has 2 saturated heterocycles. The van der Waals surface area contributed by atoms with Crippen LogP contribution in [0.15, 0.2) is 78.9 Å².